The van der Waals surface area contributed by atoms with Crippen LogP contribution in [0.4, 0.5) is 0 Å². The standard InChI is InChI=1S/C11H22N2O/c1-3-9(12)10(14)13-8-11(2)6-4-5-7-11/h9H,3-8,12H2,1-2H3,(H,13,14)/t9-/m1/s1. The third-order valence-electron chi connectivity index (χ3n) is 3.28. The van der Waals surface area contributed by atoms with Gasteiger partial charge in [0.1, 0.15) is 0 Å². The number of carbonyl (C=O) groups excluding carboxylic acids is 1. The molecule has 0 aromatic carbocycles. The number of hydrogen-bond acceptors (Lipinski definition) is 2. The van der Waals surface area contributed by atoms with Crippen molar-refractivity contribution in [3.05, 3.63) is 0 Å². The Kier molecular flexibility index (Phi) is 3.93. The molecule has 0 bridgehead atoms. The number of nitrogens with two attached hydrogens (primary N) is 1. The quantitative estimate of drug-likeness (QED) is 0.718. The molecule has 0 heterocycles. The normalized spacial score (nSPS) is 21.9. The number of amides is 1. The Morgan fingerprint density at radius 3 is 2.57 bits per heavy atom. The van der Waals surface area contributed by atoms with Crippen LogP contribution >= 0.6 is 0 Å². The summed E-state index contributed by atoms with van der Waals surface area (Å²) in [6.07, 6.45) is 5.77. The van der Waals surface area contributed by atoms with Crippen LogP contribution in [-0.2, 0) is 4.79 Å². The van der Waals surface area contributed by atoms with E-state index >= 15 is 0 Å². The Hall–Kier alpha value is -0.570. The molecule has 0 spiro atoms. The van der Waals surface area contributed by atoms with E-state index in [0.717, 1.165) is 6.54 Å². The molecule has 0 aliphatic heterocycles. The lowest BCUT2D eigenvalue weighted by atomic mass is 9.89. The molecule has 0 unspecified atom stereocenters. The summed E-state index contributed by atoms with van der Waals surface area (Å²) in [5.41, 5.74) is 5.95. The molecule has 1 rings (SSSR count). The molecule has 1 aliphatic carbocycles. The zero-order valence-corrected chi connectivity index (χ0v) is 9.31. The van der Waals surface area contributed by atoms with Crippen molar-refractivity contribution < 1.29 is 4.79 Å². The highest BCUT2D eigenvalue weighted by Gasteiger charge is 2.29. The summed E-state index contributed by atoms with van der Waals surface area (Å²) in [6, 6.07) is -0.333. The van der Waals surface area contributed by atoms with E-state index in [1.54, 1.807) is 0 Å². The van der Waals surface area contributed by atoms with Crippen molar-refractivity contribution in [3.63, 3.8) is 0 Å². The third kappa shape index (κ3) is 2.98. The molecule has 1 amide bonds. The van der Waals surface area contributed by atoms with Crippen molar-refractivity contribution in [1.29, 1.82) is 0 Å². The second-order valence-electron chi connectivity index (χ2n) is 4.75. The lowest BCUT2D eigenvalue weighted by Crippen LogP contribution is -2.43. The maximum atomic E-state index is 11.4. The largest absolute Gasteiger partial charge is 0.354 e. The second kappa shape index (κ2) is 4.78. The first kappa shape index (κ1) is 11.5. The Balaban J connectivity index is 2.29. The van der Waals surface area contributed by atoms with Crippen LogP contribution in [0.25, 0.3) is 0 Å². The first-order valence-electron chi connectivity index (χ1n) is 5.61. The lowest BCUT2D eigenvalue weighted by Gasteiger charge is -2.24. The number of rotatable bonds is 4. The predicted molar refractivity (Wildman–Crippen MR) is 57.9 cm³/mol. The van der Waals surface area contributed by atoms with E-state index in [-0.39, 0.29) is 11.9 Å². The van der Waals surface area contributed by atoms with E-state index in [1.165, 1.54) is 25.7 Å². The molecule has 3 N–H and O–H groups in total. The van der Waals surface area contributed by atoms with E-state index in [9.17, 15) is 4.79 Å². The van der Waals surface area contributed by atoms with Crippen LogP contribution < -0.4 is 11.1 Å². The highest BCUT2D eigenvalue weighted by Crippen LogP contribution is 2.36. The number of carbonyl (C=O) groups is 1. The van der Waals surface area contributed by atoms with Crippen LogP contribution in [-0.4, -0.2) is 18.5 Å². The first-order chi connectivity index (χ1) is 6.57. The zero-order valence-electron chi connectivity index (χ0n) is 9.31. The molecule has 14 heavy (non-hydrogen) atoms. The van der Waals surface area contributed by atoms with Gasteiger partial charge in [0.15, 0.2) is 0 Å². The summed E-state index contributed by atoms with van der Waals surface area (Å²) >= 11 is 0. The molecule has 0 saturated heterocycles. The van der Waals surface area contributed by atoms with E-state index in [2.05, 4.69) is 12.2 Å². The Bertz CT molecular complexity index is 197. The van der Waals surface area contributed by atoms with Crippen LogP contribution in [0.2, 0.25) is 0 Å². The van der Waals surface area contributed by atoms with Gasteiger partial charge in [-0.15, -0.1) is 0 Å². The summed E-state index contributed by atoms with van der Waals surface area (Å²) in [4.78, 5) is 11.4. The van der Waals surface area contributed by atoms with Crippen molar-refractivity contribution in [3.8, 4) is 0 Å². The van der Waals surface area contributed by atoms with Crippen molar-refractivity contribution in [2.75, 3.05) is 6.54 Å². The fourth-order valence-electron chi connectivity index (χ4n) is 2.02. The highest BCUT2D eigenvalue weighted by atomic mass is 16.2. The van der Waals surface area contributed by atoms with Gasteiger partial charge in [0.2, 0.25) is 5.91 Å². The van der Waals surface area contributed by atoms with Crippen LogP contribution in [0, 0.1) is 5.41 Å². The summed E-state index contributed by atoms with van der Waals surface area (Å²) < 4.78 is 0. The smallest absolute Gasteiger partial charge is 0.236 e. The van der Waals surface area contributed by atoms with E-state index in [4.69, 9.17) is 5.73 Å². The Morgan fingerprint density at radius 1 is 1.50 bits per heavy atom. The van der Waals surface area contributed by atoms with E-state index < -0.39 is 0 Å². The minimum atomic E-state index is -0.333. The fraction of sp³-hybridized carbons (Fsp3) is 0.909. The first-order valence-corrected chi connectivity index (χ1v) is 5.61. The van der Waals surface area contributed by atoms with Crippen LogP contribution in [0.1, 0.15) is 46.0 Å². The third-order valence-corrected chi connectivity index (χ3v) is 3.28. The fourth-order valence-corrected chi connectivity index (χ4v) is 2.02. The second-order valence-corrected chi connectivity index (χ2v) is 4.75. The zero-order chi connectivity index (χ0) is 10.6. The molecule has 3 heteroatoms. The molecular formula is C11H22N2O. The van der Waals surface area contributed by atoms with Gasteiger partial charge in [-0.3, -0.25) is 4.79 Å². The molecule has 1 fully saturated rings. The molecule has 0 aromatic rings. The van der Waals surface area contributed by atoms with Gasteiger partial charge in [-0.2, -0.15) is 0 Å². The topological polar surface area (TPSA) is 55.1 Å². The van der Waals surface area contributed by atoms with Crippen molar-refractivity contribution in [2.45, 2.75) is 52.0 Å². The van der Waals surface area contributed by atoms with Crippen LogP contribution in [0.3, 0.4) is 0 Å². The van der Waals surface area contributed by atoms with Gasteiger partial charge in [-0.1, -0.05) is 26.7 Å². The predicted octanol–water partition coefficient (Wildman–Crippen LogP) is 1.42. The van der Waals surface area contributed by atoms with Crippen LogP contribution in [0.15, 0.2) is 0 Å². The molecule has 82 valence electrons. The highest BCUT2D eigenvalue weighted by molar-refractivity contribution is 5.81. The van der Waals surface area contributed by atoms with E-state index in [0.29, 0.717) is 11.8 Å². The maximum absolute atomic E-state index is 11.4. The van der Waals surface area contributed by atoms with Crippen LogP contribution in [0.5, 0.6) is 0 Å². The number of nitrogens with one attached hydrogen (secondary N) is 1. The molecular weight excluding hydrogens is 176 g/mol. The van der Waals surface area contributed by atoms with Gasteiger partial charge in [-0.25, -0.2) is 0 Å². The van der Waals surface area contributed by atoms with E-state index in [1.807, 2.05) is 6.92 Å². The molecule has 1 atom stereocenters. The monoisotopic (exact) mass is 198 g/mol. The average molecular weight is 198 g/mol. The van der Waals surface area contributed by atoms with Gasteiger partial charge in [0, 0.05) is 6.54 Å². The Labute approximate surface area is 86.4 Å². The van der Waals surface area contributed by atoms with Crippen molar-refractivity contribution >= 4 is 5.91 Å². The molecule has 3 nitrogen and oxygen atoms in total. The van der Waals surface area contributed by atoms with Gasteiger partial charge in [0.25, 0.3) is 0 Å². The SMILES string of the molecule is CC[C@@H](N)C(=O)NCC1(C)CCCC1. The summed E-state index contributed by atoms with van der Waals surface area (Å²) in [5.74, 6) is 0.000579. The summed E-state index contributed by atoms with van der Waals surface area (Å²) in [6.45, 7) is 4.97. The maximum Gasteiger partial charge on any atom is 0.236 e. The minimum Gasteiger partial charge on any atom is -0.354 e. The Morgan fingerprint density at radius 2 is 2.07 bits per heavy atom. The molecule has 0 radical (unpaired) electrons. The van der Waals surface area contributed by atoms with Crippen molar-refractivity contribution in [1.82, 2.24) is 5.32 Å². The lowest BCUT2D eigenvalue weighted by molar-refractivity contribution is -0.122. The molecule has 1 aliphatic rings. The van der Waals surface area contributed by atoms with Gasteiger partial charge < -0.3 is 11.1 Å². The summed E-state index contributed by atoms with van der Waals surface area (Å²) in [5, 5.41) is 2.95. The van der Waals surface area contributed by atoms with Gasteiger partial charge in [0.05, 0.1) is 6.04 Å². The average Bonchev–Trinajstić information content (AvgIpc) is 2.61. The molecule has 0 aromatic heterocycles. The number of hydrogen-bond donors (Lipinski definition) is 2. The van der Waals surface area contributed by atoms with Crippen molar-refractivity contribution in [2.24, 2.45) is 11.1 Å². The van der Waals surface area contributed by atoms with Gasteiger partial charge in [-0.05, 0) is 24.7 Å². The molecule has 1 saturated carbocycles. The summed E-state index contributed by atoms with van der Waals surface area (Å²) in [7, 11) is 0. The van der Waals surface area contributed by atoms with Gasteiger partial charge >= 0.3 is 0 Å². The minimum absolute atomic E-state index is 0.000579.